The normalized spacial score (nSPS) is 12.9. The van der Waals surface area contributed by atoms with Crippen molar-refractivity contribution in [1.29, 1.82) is 0 Å². The summed E-state index contributed by atoms with van der Waals surface area (Å²) in [6.45, 7) is 2.78. The van der Waals surface area contributed by atoms with E-state index >= 15 is 0 Å². The van der Waals surface area contributed by atoms with E-state index in [4.69, 9.17) is 0 Å². The molecule has 0 spiro atoms. The molecular weight excluding hydrogens is 333 g/mol. The van der Waals surface area contributed by atoms with Gasteiger partial charge in [-0.2, -0.15) is 23.4 Å². The summed E-state index contributed by atoms with van der Waals surface area (Å²) in [4.78, 5) is 22.0. The summed E-state index contributed by atoms with van der Waals surface area (Å²) in [5.41, 5.74) is -1.83. The second kappa shape index (κ2) is 6.29. The van der Waals surface area contributed by atoms with Crippen LogP contribution in [0.3, 0.4) is 0 Å². The largest absolute Gasteiger partial charge is 0.437 e. The van der Waals surface area contributed by atoms with E-state index in [0.29, 0.717) is 0 Å². The Morgan fingerprint density at radius 1 is 1.54 bits per heavy atom. The monoisotopic (exact) mass is 346 g/mol. The number of H-pyrrole nitrogens is 1. The minimum Gasteiger partial charge on any atom is -0.322 e. The predicted octanol–water partition coefficient (Wildman–Crippen LogP) is 2.12. The summed E-state index contributed by atoms with van der Waals surface area (Å²) in [7, 11) is 0. The molecule has 0 radical (unpaired) electrons. The number of amides is 1. The van der Waals surface area contributed by atoms with Crippen molar-refractivity contribution < 1.29 is 22.9 Å². The van der Waals surface area contributed by atoms with Crippen LogP contribution in [0.2, 0.25) is 0 Å². The Bertz CT molecular complexity index is 766. The van der Waals surface area contributed by atoms with Gasteiger partial charge in [-0.3, -0.25) is 24.7 Å². The molecule has 0 aliphatic carbocycles. The third-order valence-electron chi connectivity index (χ3n) is 3.20. The number of nitro groups is 1. The van der Waals surface area contributed by atoms with Crippen molar-refractivity contribution in [2.45, 2.75) is 26.6 Å². The predicted molar refractivity (Wildman–Crippen MR) is 75.0 cm³/mol. The van der Waals surface area contributed by atoms with Gasteiger partial charge in [0.05, 0.1) is 28.8 Å². The first-order valence-electron chi connectivity index (χ1n) is 6.69. The summed E-state index contributed by atoms with van der Waals surface area (Å²) >= 11 is 0. The number of alkyl halides is 3. The summed E-state index contributed by atoms with van der Waals surface area (Å²) in [6.07, 6.45) is -2.56. The quantitative estimate of drug-likeness (QED) is 0.635. The summed E-state index contributed by atoms with van der Waals surface area (Å²) in [5, 5.41) is 21.8. The van der Waals surface area contributed by atoms with Crippen molar-refractivity contribution in [2.24, 2.45) is 5.92 Å². The van der Waals surface area contributed by atoms with Gasteiger partial charge < -0.3 is 5.32 Å². The van der Waals surface area contributed by atoms with E-state index in [1.54, 1.807) is 0 Å². The molecule has 0 aromatic carbocycles. The summed E-state index contributed by atoms with van der Waals surface area (Å²) in [5.74, 6) is -1.47. The zero-order valence-corrected chi connectivity index (χ0v) is 12.6. The molecule has 9 nitrogen and oxygen atoms in total. The SMILES string of the molecule is Cc1[nH]nc(C(F)(F)F)c1NC(=O)[C@H](C)Cn1cc([N+](=O)[O-])cn1. The molecule has 0 saturated carbocycles. The first-order valence-corrected chi connectivity index (χ1v) is 6.69. The van der Waals surface area contributed by atoms with Gasteiger partial charge in [-0.05, 0) is 6.92 Å². The van der Waals surface area contributed by atoms with Gasteiger partial charge in [-0.25, -0.2) is 0 Å². The number of hydrogen-bond acceptors (Lipinski definition) is 5. The topological polar surface area (TPSA) is 119 Å². The Morgan fingerprint density at radius 2 is 2.21 bits per heavy atom. The Hall–Kier alpha value is -2.92. The molecule has 24 heavy (non-hydrogen) atoms. The standard InChI is InChI=1S/C12H13F3N6O3/c1-6(4-20-5-8(3-16-20)21(23)24)11(22)17-9-7(2)18-19-10(9)12(13,14)15/h3,5-6H,4H2,1-2H3,(H,17,22)(H,18,19)/t6-/m1/s1. The molecule has 2 heterocycles. The highest BCUT2D eigenvalue weighted by Crippen LogP contribution is 2.34. The number of nitrogens with one attached hydrogen (secondary N) is 2. The lowest BCUT2D eigenvalue weighted by Crippen LogP contribution is -2.26. The van der Waals surface area contributed by atoms with Crippen LogP contribution in [-0.2, 0) is 17.5 Å². The number of rotatable bonds is 5. The number of hydrogen-bond donors (Lipinski definition) is 2. The molecule has 1 atom stereocenters. The van der Waals surface area contributed by atoms with Crippen molar-refractivity contribution >= 4 is 17.3 Å². The molecule has 1 amide bonds. The highest BCUT2D eigenvalue weighted by atomic mass is 19.4. The van der Waals surface area contributed by atoms with Crippen molar-refractivity contribution in [3.05, 3.63) is 33.9 Å². The van der Waals surface area contributed by atoms with E-state index in [-0.39, 0.29) is 17.9 Å². The number of aromatic nitrogens is 4. The summed E-state index contributed by atoms with van der Waals surface area (Å²) in [6, 6.07) is 0. The number of carbonyl (C=O) groups is 1. The van der Waals surface area contributed by atoms with E-state index in [1.165, 1.54) is 18.5 Å². The second-order valence-corrected chi connectivity index (χ2v) is 5.14. The first-order chi connectivity index (χ1) is 11.1. The van der Waals surface area contributed by atoms with Crippen LogP contribution in [0, 0.1) is 23.0 Å². The average molecular weight is 346 g/mol. The highest BCUT2D eigenvalue weighted by molar-refractivity contribution is 5.93. The van der Waals surface area contributed by atoms with Crippen molar-refractivity contribution in [2.75, 3.05) is 5.32 Å². The van der Waals surface area contributed by atoms with Crippen molar-refractivity contribution in [3.63, 3.8) is 0 Å². The van der Waals surface area contributed by atoms with Crippen molar-refractivity contribution in [1.82, 2.24) is 20.0 Å². The van der Waals surface area contributed by atoms with Crippen LogP contribution in [0.25, 0.3) is 0 Å². The lowest BCUT2D eigenvalue weighted by Gasteiger charge is -2.13. The zero-order chi connectivity index (χ0) is 18.1. The molecule has 2 aromatic heterocycles. The second-order valence-electron chi connectivity index (χ2n) is 5.14. The molecule has 0 fully saturated rings. The zero-order valence-electron chi connectivity index (χ0n) is 12.6. The number of halogens is 3. The summed E-state index contributed by atoms with van der Waals surface area (Å²) < 4.78 is 39.7. The number of anilines is 1. The maximum atomic E-state index is 12.8. The fourth-order valence-corrected chi connectivity index (χ4v) is 1.94. The van der Waals surface area contributed by atoms with Crippen LogP contribution in [0.4, 0.5) is 24.5 Å². The Morgan fingerprint density at radius 3 is 2.75 bits per heavy atom. The van der Waals surface area contributed by atoms with Gasteiger partial charge in [0.15, 0.2) is 5.69 Å². The Balaban J connectivity index is 2.09. The van der Waals surface area contributed by atoms with E-state index < -0.39 is 34.3 Å². The van der Waals surface area contributed by atoms with Gasteiger partial charge in [0, 0.05) is 0 Å². The van der Waals surface area contributed by atoms with Gasteiger partial charge in [0.2, 0.25) is 5.91 Å². The fraction of sp³-hybridized carbons (Fsp3) is 0.417. The van der Waals surface area contributed by atoms with Gasteiger partial charge >= 0.3 is 11.9 Å². The molecule has 2 N–H and O–H groups in total. The van der Waals surface area contributed by atoms with E-state index in [9.17, 15) is 28.1 Å². The van der Waals surface area contributed by atoms with Crippen LogP contribution in [0.5, 0.6) is 0 Å². The molecule has 0 saturated heterocycles. The maximum Gasteiger partial charge on any atom is 0.437 e. The van der Waals surface area contributed by atoms with Crippen molar-refractivity contribution in [3.8, 4) is 0 Å². The number of aryl methyl sites for hydroxylation is 1. The van der Waals surface area contributed by atoms with Gasteiger partial charge in [-0.1, -0.05) is 6.92 Å². The molecule has 130 valence electrons. The van der Waals surface area contributed by atoms with Crippen LogP contribution in [0.1, 0.15) is 18.3 Å². The molecular formula is C12H13F3N6O3. The lowest BCUT2D eigenvalue weighted by molar-refractivity contribution is -0.385. The third-order valence-corrected chi connectivity index (χ3v) is 3.20. The average Bonchev–Trinajstić information content (AvgIpc) is 3.06. The molecule has 0 unspecified atom stereocenters. The maximum absolute atomic E-state index is 12.8. The molecule has 12 heteroatoms. The van der Waals surface area contributed by atoms with Gasteiger partial charge in [-0.15, -0.1) is 0 Å². The number of carbonyl (C=O) groups excluding carboxylic acids is 1. The lowest BCUT2D eigenvalue weighted by atomic mass is 10.1. The van der Waals surface area contributed by atoms with Crippen LogP contribution < -0.4 is 5.32 Å². The van der Waals surface area contributed by atoms with E-state index in [0.717, 1.165) is 12.4 Å². The van der Waals surface area contributed by atoms with Gasteiger partial charge in [0.25, 0.3) is 0 Å². The molecule has 2 aromatic rings. The van der Waals surface area contributed by atoms with E-state index in [1.807, 2.05) is 0 Å². The number of aromatic amines is 1. The first kappa shape index (κ1) is 17.4. The van der Waals surface area contributed by atoms with E-state index in [2.05, 4.69) is 20.6 Å². The van der Waals surface area contributed by atoms with Crippen LogP contribution in [-0.4, -0.2) is 30.8 Å². The fourth-order valence-electron chi connectivity index (χ4n) is 1.94. The molecule has 2 rings (SSSR count). The minimum atomic E-state index is -4.71. The van der Waals surface area contributed by atoms with Crippen LogP contribution in [0.15, 0.2) is 12.4 Å². The van der Waals surface area contributed by atoms with Crippen LogP contribution >= 0.6 is 0 Å². The Labute approximate surface area is 133 Å². The Kier molecular flexibility index (Phi) is 4.57. The highest BCUT2D eigenvalue weighted by Gasteiger charge is 2.38. The number of nitrogens with zero attached hydrogens (tertiary/aromatic N) is 4. The third kappa shape index (κ3) is 3.70. The minimum absolute atomic E-state index is 0.0298. The van der Waals surface area contributed by atoms with Gasteiger partial charge in [0.1, 0.15) is 12.4 Å². The smallest absolute Gasteiger partial charge is 0.322 e. The molecule has 0 bridgehead atoms. The molecule has 0 aliphatic heterocycles. The molecule has 0 aliphatic rings.